The first kappa shape index (κ1) is 12.4. The highest BCUT2D eigenvalue weighted by molar-refractivity contribution is 5.78. The molecule has 100 valence electrons. The average molecular weight is 256 g/mol. The van der Waals surface area contributed by atoms with Crippen molar-refractivity contribution in [3.8, 4) is 0 Å². The van der Waals surface area contributed by atoms with Crippen LogP contribution in [-0.4, -0.2) is 9.55 Å². The van der Waals surface area contributed by atoms with Crippen LogP contribution in [0.2, 0.25) is 0 Å². The zero-order chi connectivity index (χ0) is 13.6. The molecule has 1 atom stereocenters. The molecule has 0 bridgehead atoms. The summed E-state index contributed by atoms with van der Waals surface area (Å²) >= 11 is 0. The predicted molar refractivity (Wildman–Crippen MR) is 77.6 cm³/mol. The van der Waals surface area contributed by atoms with Gasteiger partial charge in [0.1, 0.15) is 5.82 Å². The van der Waals surface area contributed by atoms with E-state index in [0.29, 0.717) is 11.8 Å². The van der Waals surface area contributed by atoms with E-state index in [-0.39, 0.29) is 5.56 Å². The summed E-state index contributed by atoms with van der Waals surface area (Å²) in [6.07, 6.45) is 1.96. The minimum atomic E-state index is 0.135. The van der Waals surface area contributed by atoms with Crippen LogP contribution in [0.5, 0.6) is 0 Å². The normalized spacial score (nSPS) is 16.0. The van der Waals surface area contributed by atoms with Crippen LogP contribution in [0.4, 0.5) is 0 Å². The van der Waals surface area contributed by atoms with Crippen molar-refractivity contribution >= 4 is 10.9 Å². The molecule has 0 aliphatic carbocycles. The van der Waals surface area contributed by atoms with Crippen molar-refractivity contribution in [1.82, 2.24) is 9.55 Å². The zero-order valence-electron chi connectivity index (χ0n) is 11.8. The van der Waals surface area contributed by atoms with E-state index < -0.39 is 0 Å². The van der Waals surface area contributed by atoms with Crippen molar-refractivity contribution in [3.05, 3.63) is 39.9 Å². The maximum Gasteiger partial charge on any atom is 0.261 e. The van der Waals surface area contributed by atoms with Crippen LogP contribution in [0.1, 0.15) is 44.5 Å². The Morgan fingerprint density at radius 3 is 2.79 bits per heavy atom. The molecule has 0 N–H and O–H groups in total. The van der Waals surface area contributed by atoms with Crippen LogP contribution < -0.4 is 5.56 Å². The molecule has 3 heteroatoms. The van der Waals surface area contributed by atoms with Crippen LogP contribution in [0.15, 0.2) is 23.0 Å². The summed E-state index contributed by atoms with van der Waals surface area (Å²) in [5.41, 5.74) is 2.22. The molecule has 2 aromatic rings. The number of fused-ring (bicyclic) bond motifs is 2. The Morgan fingerprint density at radius 1 is 1.26 bits per heavy atom. The Hall–Kier alpha value is -1.64. The van der Waals surface area contributed by atoms with Gasteiger partial charge in [0, 0.05) is 13.0 Å². The summed E-state index contributed by atoms with van der Waals surface area (Å²) in [7, 11) is 0. The van der Waals surface area contributed by atoms with Gasteiger partial charge in [-0.2, -0.15) is 0 Å². The van der Waals surface area contributed by atoms with E-state index in [0.717, 1.165) is 36.1 Å². The Balaban J connectivity index is 2.21. The lowest BCUT2D eigenvalue weighted by molar-refractivity contribution is 0.535. The molecular weight excluding hydrogens is 236 g/mol. The highest BCUT2D eigenvalue weighted by Crippen LogP contribution is 2.25. The smallest absolute Gasteiger partial charge is 0.261 e. The maximum absolute atomic E-state index is 12.5. The summed E-state index contributed by atoms with van der Waals surface area (Å²) in [6.45, 7) is 7.46. The number of aromatic nitrogens is 2. The molecule has 1 unspecified atom stereocenters. The van der Waals surface area contributed by atoms with E-state index in [1.54, 1.807) is 0 Å². The lowest BCUT2D eigenvalue weighted by Crippen LogP contribution is -2.21. The molecule has 1 aliphatic heterocycles. The van der Waals surface area contributed by atoms with Crippen molar-refractivity contribution in [3.63, 3.8) is 0 Å². The van der Waals surface area contributed by atoms with Crippen LogP contribution >= 0.6 is 0 Å². The van der Waals surface area contributed by atoms with E-state index in [1.807, 2.05) is 16.7 Å². The molecule has 0 amide bonds. The Kier molecular flexibility index (Phi) is 2.92. The van der Waals surface area contributed by atoms with Gasteiger partial charge in [-0.3, -0.25) is 9.36 Å². The van der Waals surface area contributed by atoms with Crippen LogP contribution in [-0.2, 0) is 13.0 Å². The van der Waals surface area contributed by atoms with Gasteiger partial charge in [-0.1, -0.05) is 26.8 Å². The number of rotatable bonds is 2. The van der Waals surface area contributed by atoms with Crippen molar-refractivity contribution in [2.24, 2.45) is 5.92 Å². The number of benzene rings is 1. The van der Waals surface area contributed by atoms with E-state index in [4.69, 9.17) is 0 Å². The third-order valence-electron chi connectivity index (χ3n) is 4.37. The number of hydrogen-bond donors (Lipinski definition) is 0. The van der Waals surface area contributed by atoms with E-state index in [2.05, 4.69) is 31.8 Å². The van der Waals surface area contributed by atoms with Gasteiger partial charge in [0.25, 0.3) is 5.56 Å². The molecule has 19 heavy (non-hydrogen) atoms. The predicted octanol–water partition coefficient (Wildman–Crippen LogP) is 3.10. The van der Waals surface area contributed by atoms with Gasteiger partial charge in [0.05, 0.1) is 10.9 Å². The zero-order valence-corrected chi connectivity index (χ0v) is 11.8. The second kappa shape index (κ2) is 4.48. The first-order valence-electron chi connectivity index (χ1n) is 7.11. The Labute approximate surface area is 113 Å². The number of hydrogen-bond acceptors (Lipinski definition) is 2. The average Bonchev–Trinajstić information content (AvgIpc) is 2.86. The van der Waals surface area contributed by atoms with Gasteiger partial charge >= 0.3 is 0 Å². The lowest BCUT2D eigenvalue weighted by atomic mass is 9.90. The quantitative estimate of drug-likeness (QED) is 0.827. The Morgan fingerprint density at radius 2 is 2.05 bits per heavy atom. The molecule has 1 aromatic heterocycles. The van der Waals surface area contributed by atoms with Gasteiger partial charge in [0.15, 0.2) is 0 Å². The topological polar surface area (TPSA) is 34.9 Å². The van der Waals surface area contributed by atoms with Crippen LogP contribution in [0, 0.1) is 5.92 Å². The third-order valence-corrected chi connectivity index (χ3v) is 4.37. The Bertz CT molecular complexity index is 685. The van der Waals surface area contributed by atoms with Gasteiger partial charge in [-0.25, -0.2) is 4.98 Å². The van der Waals surface area contributed by atoms with E-state index in [9.17, 15) is 4.79 Å². The van der Waals surface area contributed by atoms with Crippen molar-refractivity contribution < 1.29 is 0 Å². The van der Waals surface area contributed by atoms with E-state index >= 15 is 0 Å². The second-order valence-corrected chi connectivity index (χ2v) is 5.90. The first-order valence-corrected chi connectivity index (χ1v) is 7.11. The monoisotopic (exact) mass is 256 g/mol. The molecule has 2 heterocycles. The minimum Gasteiger partial charge on any atom is -0.296 e. The van der Waals surface area contributed by atoms with E-state index in [1.165, 1.54) is 5.56 Å². The number of aryl methyl sites for hydroxylation is 1. The molecule has 1 aromatic carbocycles. The standard InChI is InChI=1S/C16H20N2O/c1-10(2)11(3)12-6-7-14-13(9-12)16(19)18-8-4-5-15(18)17-14/h6-7,9-11H,4-5,8H2,1-3H3. The number of nitrogens with zero attached hydrogens (tertiary/aromatic N) is 2. The largest absolute Gasteiger partial charge is 0.296 e. The second-order valence-electron chi connectivity index (χ2n) is 5.90. The molecule has 3 nitrogen and oxygen atoms in total. The first-order chi connectivity index (χ1) is 9.08. The van der Waals surface area contributed by atoms with Crippen LogP contribution in [0.25, 0.3) is 10.9 Å². The molecule has 0 spiro atoms. The minimum absolute atomic E-state index is 0.135. The summed E-state index contributed by atoms with van der Waals surface area (Å²) in [5.74, 6) is 1.98. The highest BCUT2D eigenvalue weighted by Gasteiger charge is 2.17. The molecular formula is C16H20N2O. The molecule has 0 saturated carbocycles. The summed E-state index contributed by atoms with van der Waals surface area (Å²) in [4.78, 5) is 17.1. The molecule has 3 rings (SSSR count). The SMILES string of the molecule is CC(C)C(C)c1ccc2nc3n(c(=O)c2c1)CCC3. The highest BCUT2D eigenvalue weighted by atomic mass is 16.1. The third kappa shape index (κ3) is 1.97. The van der Waals surface area contributed by atoms with Gasteiger partial charge in [0.2, 0.25) is 0 Å². The van der Waals surface area contributed by atoms with Crippen molar-refractivity contribution in [2.45, 2.75) is 46.1 Å². The fourth-order valence-electron chi connectivity index (χ4n) is 2.77. The summed E-state index contributed by atoms with van der Waals surface area (Å²) in [5, 5.41) is 0.774. The molecule has 0 saturated heterocycles. The molecule has 1 aliphatic rings. The lowest BCUT2D eigenvalue weighted by Gasteiger charge is -2.16. The van der Waals surface area contributed by atoms with Gasteiger partial charge in [-0.05, 0) is 36.0 Å². The molecule has 0 fully saturated rings. The molecule has 0 radical (unpaired) electrons. The fourth-order valence-corrected chi connectivity index (χ4v) is 2.77. The fraction of sp³-hybridized carbons (Fsp3) is 0.500. The summed E-state index contributed by atoms with van der Waals surface area (Å²) < 4.78 is 1.84. The van der Waals surface area contributed by atoms with Gasteiger partial charge < -0.3 is 0 Å². The van der Waals surface area contributed by atoms with Gasteiger partial charge in [-0.15, -0.1) is 0 Å². The van der Waals surface area contributed by atoms with Crippen molar-refractivity contribution in [1.29, 1.82) is 0 Å². The van der Waals surface area contributed by atoms with Crippen LogP contribution in [0.3, 0.4) is 0 Å². The maximum atomic E-state index is 12.5. The summed E-state index contributed by atoms with van der Waals surface area (Å²) in [6, 6.07) is 6.16. The van der Waals surface area contributed by atoms with Crippen molar-refractivity contribution in [2.75, 3.05) is 0 Å².